The van der Waals surface area contributed by atoms with Gasteiger partial charge in [0.15, 0.2) is 0 Å². The predicted molar refractivity (Wildman–Crippen MR) is 279 cm³/mol. The second-order valence-corrected chi connectivity index (χ2v) is 19.9. The summed E-state index contributed by atoms with van der Waals surface area (Å²) in [5.41, 5.74) is 0.437. The number of carbonyl (C=O) groups excluding carboxylic acids is 4. The molecule has 0 spiro atoms. The minimum Gasteiger partial charge on any atom is -0.524 e. The molecule has 0 aromatic heterocycles. The van der Waals surface area contributed by atoms with Crippen LogP contribution in [0.3, 0.4) is 0 Å². The van der Waals surface area contributed by atoms with Crippen molar-refractivity contribution in [3.63, 3.8) is 0 Å². The summed E-state index contributed by atoms with van der Waals surface area (Å²) < 4.78 is 87.1. The van der Waals surface area contributed by atoms with Gasteiger partial charge in [0.25, 0.3) is 0 Å². The molecule has 3 radical (unpaired) electrons. The maximum absolute atomic E-state index is 13.0. The number of terminal acetylenes is 1. The van der Waals surface area contributed by atoms with E-state index in [2.05, 4.69) is 46.8 Å². The number of ether oxygens (including phenoxy) is 7. The molecule has 8 unspecified atom stereocenters. The summed E-state index contributed by atoms with van der Waals surface area (Å²) in [4.78, 5) is 52.3. The van der Waals surface area contributed by atoms with Crippen LogP contribution in [0.1, 0.15) is 85.6 Å². The maximum atomic E-state index is 13.0. The van der Waals surface area contributed by atoms with E-state index in [-0.39, 0.29) is 171 Å². The Morgan fingerprint density at radius 1 is 0.747 bits per heavy atom. The normalized spacial score (nSPS) is 14.2. The Balaban J connectivity index is -0.000000218. The summed E-state index contributed by atoms with van der Waals surface area (Å²) in [5, 5.41) is 24.6. The van der Waals surface area contributed by atoms with Crippen LogP contribution >= 0.6 is 15.6 Å². The standard InChI is InChI=1S/C27H43NO10P.C12H24NO7P.C8H16NO4.C2H2.U.3V/c1-7-15-35-39(31,36-16-8-9-26(30)38-27(3,4)5)37-20-24(28-21-29)19-33-17-14-22(2)34-18-23-10-12-25(32-6)13-11-23;1-4-6-19-21(15,16)20-9-12(13-10-14)8-18-7-5-11(2)17-3;1-7(12)2-3-13-5-8(4-10)9-6-11;1-2;;;;/h7,10-13,22,24H,1,8-9,14-20H2,2-6H3,(H,28,29);11-12H,1,4-9H2,2-3H3,(H,13,14)(H,15,16);7-8,10,12H,2-5H2,1H3,(H,9,11);1-2H;;;;/q-1;-2;-1;;;;;. The zero-order valence-electron chi connectivity index (χ0n) is 46.8. The van der Waals surface area contributed by atoms with E-state index in [0.29, 0.717) is 52.1 Å². The zero-order chi connectivity index (χ0) is 57.4. The average Bonchev–Trinajstić information content (AvgIpc) is 3.38. The predicted octanol–water partition coefficient (Wildman–Crippen LogP) is 4.34. The van der Waals surface area contributed by atoms with Gasteiger partial charge in [-0.3, -0.25) is 27.4 Å². The van der Waals surface area contributed by atoms with Gasteiger partial charge in [-0.2, -0.15) is 25.7 Å². The van der Waals surface area contributed by atoms with Gasteiger partial charge >= 0.3 is 21.6 Å². The Morgan fingerprint density at radius 2 is 1.24 bits per heavy atom. The first kappa shape index (κ1) is 91.7. The molecule has 0 aliphatic rings. The van der Waals surface area contributed by atoms with Gasteiger partial charge in [-0.1, -0.05) is 18.2 Å². The molecule has 79 heavy (non-hydrogen) atoms. The molecule has 1 aromatic rings. The van der Waals surface area contributed by atoms with Crippen molar-refractivity contribution in [2.75, 3.05) is 93.5 Å². The van der Waals surface area contributed by atoms with Crippen LogP contribution in [0.5, 0.6) is 5.75 Å². The molecule has 0 fully saturated rings. The summed E-state index contributed by atoms with van der Waals surface area (Å²) in [6.45, 7) is 19.2. The number of esters is 1. The number of phosphoric acid groups is 2. The number of nitrogens with one attached hydrogen (secondary N) is 3. The van der Waals surface area contributed by atoms with Gasteiger partial charge < -0.3 is 85.5 Å². The number of hydrogen-bond donors (Lipinski definition) is 6. The fourth-order valence-corrected chi connectivity index (χ4v) is 6.90. The monoisotopic (exact) mass is 1500 g/mol. The van der Waals surface area contributed by atoms with Crippen LogP contribution in [0.25, 0.3) is 0 Å². The SMILES string of the molecule is C#C.C=CCOP(=O)(OCCCC(=O)OC(C)(C)C)OCC(COCCC(C)OCc1ccc(OC)cc1)N[C-]=O.CC(O)CCOCC(CO)N[C-]=O.[CH2-]CCOP(=O)(O)OCC(COCCC(C)OC)N[C-]=O.[U].[V].[V].[V]. The summed E-state index contributed by atoms with van der Waals surface area (Å²) in [5.74, 6) is 0.394. The second kappa shape index (κ2) is 60.1. The van der Waals surface area contributed by atoms with E-state index < -0.39 is 51.4 Å². The van der Waals surface area contributed by atoms with E-state index in [0.717, 1.165) is 11.3 Å². The number of methoxy groups -OCH3 is 2. The number of carbonyl (C=O) groups is 1. The van der Waals surface area contributed by atoms with E-state index in [1.165, 1.54) is 18.9 Å². The van der Waals surface area contributed by atoms with Gasteiger partial charge in [0, 0.05) is 145 Å². The fraction of sp³-hybridized carbons (Fsp3) is 0.694. The van der Waals surface area contributed by atoms with Crippen molar-refractivity contribution in [1.29, 1.82) is 0 Å². The number of hydrogen-bond acceptors (Lipinski definition) is 20. The summed E-state index contributed by atoms with van der Waals surface area (Å²) >= 11 is 0. The van der Waals surface area contributed by atoms with E-state index in [1.807, 2.05) is 38.1 Å². The minimum absolute atomic E-state index is 0. The minimum atomic E-state index is -4.13. The van der Waals surface area contributed by atoms with Gasteiger partial charge in [0.1, 0.15) is 11.4 Å². The van der Waals surface area contributed by atoms with Crippen molar-refractivity contribution in [3.8, 4) is 18.6 Å². The quantitative estimate of drug-likeness (QED) is 0.0101. The number of phosphoric ester groups is 2. The van der Waals surface area contributed by atoms with Gasteiger partial charge in [-0.25, -0.2) is 9.13 Å². The van der Waals surface area contributed by atoms with Crippen LogP contribution in [0, 0.1) is 50.9 Å². The fourth-order valence-electron chi connectivity index (χ4n) is 4.87. The number of amides is 3. The third-order valence-electron chi connectivity index (χ3n) is 8.90. The molecule has 0 aliphatic heterocycles. The molecule has 0 aliphatic carbocycles. The van der Waals surface area contributed by atoms with E-state index in [9.17, 15) is 33.2 Å². The van der Waals surface area contributed by atoms with Crippen LogP contribution in [-0.4, -0.2) is 176 Å². The molecule has 0 heterocycles. The van der Waals surface area contributed by atoms with E-state index >= 15 is 0 Å². The Labute approximate surface area is 528 Å². The molecule has 24 nitrogen and oxygen atoms in total. The van der Waals surface area contributed by atoms with Crippen molar-refractivity contribution in [2.24, 2.45) is 0 Å². The molecule has 1 aromatic carbocycles. The first-order valence-corrected chi connectivity index (χ1v) is 26.9. The Morgan fingerprint density at radius 3 is 1.70 bits per heavy atom. The van der Waals surface area contributed by atoms with E-state index in [4.69, 9.17) is 61.5 Å². The van der Waals surface area contributed by atoms with Gasteiger partial charge in [0.05, 0.1) is 84.9 Å². The molecule has 0 saturated heterocycles. The first-order chi connectivity index (χ1) is 35.6. The molecule has 0 saturated carbocycles. The van der Waals surface area contributed by atoms with Crippen molar-refractivity contribution in [1.82, 2.24) is 16.0 Å². The molecule has 455 valence electrons. The summed E-state index contributed by atoms with van der Waals surface area (Å²) in [6.07, 6.45) is 16.1. The number of aliphatic hydroxyl groups is 2. The summed E-state index contributed by atoms with van der Waals surface area (Å²) in [6, 6.07) is 5.98. The Bertz CT molecular complexity index is 1720. The number of benzene rings is 1. The summed E-state index contributed by atoms with van der Waals surface area (Å²) in [7, 11) is -4.90. The van der Waals surface area contributed by atoms with Gasteiger partial charge in [-0.05, 0) is 84.9 Å². The van der Waals surface area contributed by atoms with Crippen LogP contribution in [0.4, 0.5) is 0 Å². The molecule has 1 rings (SSSR count). The van der Waals surface area contributed by atoms with E-state index in [1.54, 1.807) is 48.3 Å². The molecular weight excluding hydrogens is 1420 g/mol. The first-order valence-electron chi connectivity index (χ1n) is 23.9. The molecule has 8 atom stereocenters. The largest absolute Gasteiger partial charge is 0.524 e. The molecular formula is C49H85N3O21P2UV3-4. The number of aliphatic hydroxyl groups excluding tert-OH is 2. The molecule has 30 heteroatoms. The third-order valence-corrected chi connectivity index (χ3v) is 11.3. The van der Waals surface area contributed by atoms with Crippen LogP contribution < -0.4 is 20.7 Å². The van der Waals surface area contributed by atoms with Gasteiger partial charge in [0.2, 0.25) is 0 Å². The van der Waals surface area contributed by atoms with Gasteiger partial charge in [-0.15, -0.1) is 19.4 Å². The van der Waals surface area contributed by atoms with Crippen LogP contribution in [0.2, 0.25) is 0 Å². The maximum Gasteiger partial charge on any atom is 0.475 e. The molecule has 0 bridgehead atoms. The van der Waals surface area contributed by atoms with Crippen molar-refractivity contribution >= 4 is 40.8 Å². The average molecular weight is 1510 g/mol. The smallest absolute Gasteiger partial charge is 0.475 e. The third kappa shape index (κ3) is 59.9. The van der Waals surface area contributed by atoms with Crippen molar-refractivity contribution < 1.29 is 186 Å². The van der Waals surface area contributed by atoms with Crippen LogP contribution in [0.15, 0.2) is 36.9 Å². The zero-order valence-corrected chi connectivity index (χ0v) is 56.9. The molecule has 6 N–H and O–H groups in total. The molecule has 3 amide bonds. The Kier molecular flexibility index (Phi) is 69.7. The topological polar surface area (TPSA) is 310 Å². The number of rotatable bonds is 44. The van der Waals surface area contributed by atoms with Crippen molar-refractivity contribution in [3.05, 3.63) is 49.4 Å². The second-order valence-electron chi connectivity index (χ2n) is 16.8. The van der Waals surface area contributed by atoms with Crippen LogP contribution in [-0.2, 0) is 142 Å². The Hall–Kier alpha value is -1.05. The van der Waals surface area contributed by atoms with Crippen molar-refractivity contribution in [2.45, 2.75) is 129 Å².